The van der Waals surface area contributed by atoms with Crippen molar-refractivity contribution in [3.63, 3.8) is 0 Å². The summed E-state index contributed by atoms with van der Waals surface area (Å²) in [5, 5.41) is 22.8. The topological polar surface area (TPSA) is 105 Å². The van der Waals surface area contributed by atoms with Crippen LogP contribution < -0.4 is 5.32 Å². The number of carboxylic acids is 1. The van der Waals surface area contributed by atoms with Crippen molar-refractivity contribution >= 4 is 17.3 Å². The smallest absolute Gasteiger partial charge is 0.338 e. The normalized spacial score (nSPS) is 10.1. The van der Waals surface area contributed by atoms with Crippen LogP contribution in [-0.2, 0) is 6.54 Å². The van der Waals surface area contributed by atoms with E-state index in [1.807, 2.05) is 19.1 Å². The number of aryl methyl sites for hydroxylation is 1. The van der Waals surface area contributed by atoms with Crippen LogP contribution in [-0.4, -0.2) is 21.0 Å². The molecule has 0 aliphatic carbocycles. The van der Waals surface area contributed by atoms with E-state index in [1.54, 1.807) is 6.20 Å². The summed E-state index contributed by atoms with van der Waals surface area (Å²) in [5.74, 6) is -1.22. The zero-order valence-electron chi connectivity index (χ0n) is 11.2. The molecule has 21 heavy (non-hydrogen) atoms. The Bertz CT molecular complexity index is 700. The number of aromatic carboxylic acids is 1. The van der Waals surface area contributed by atoms with Crippen molar-refractivity contribution in [2.75, 3.05) is 5.32 Å². The average molecular weight is 287 g/mol. The number of aromatic nitrogens is 1. The number of nitrogens with zero attached hydrogens (tertiary/aromatic N) is 2. The lowest BCUT2D eigenvalue weighted by Gasteiger charge is -2.10. The summed E-state index contributed by atoms with van der Waals surface area (Å²) in [6.45, 7) is 2.24. The summed E-state index contributed by atoms with van der Waals surface area (Å²) >= 11 is 0. The Labute approximate surface area is 120 Å². The highest BCUT2D eigenvalue weighted by atomic mass is 16.6. The molecule has 0 fully saturated rings. The molecule has 7 nitrogen and oxygen atoms in total. The minimum Gasteiger partial charge on any atom is -0.478 e. The molecule has 0 aliphatic rings. The second-order valence-electron chi connectivity index (χ2n) is 4.41. The van der Waals surface area contributed by atoms with Gasteiger partial charge in [0.25, 0.3) is 5.69 Å². The minimum atomic E-state index is -1.22. The lowest BCUT2D eigenvalue weighted by Crippen LogP contribution is -2.08. The van der Waals surface area contributed by atoms with E-state index in [0.717, 1.165) is 17.3 Å². The quantitative estimate of drug-likeness (QED) is 0.646. The van der Waals surface area contributed by atoms with Crippen LogP contribution >= 0.6 is 0 Å². The molecule has 0 aliphatic heterocycles. The van der Waals surface area contributed by atoms with Crippen molar-refractivity contribution in [1.82, 2.24) is 4.98 Å². The van der Waals surface area contributed by atoms with E-state index >= 15 is 0 Å². The molecule has 1 aromatic carbocycles. The molecule has 0 amide bonds. The van der Waals surface area contributed by atoms with Crippen molar-refractivity contribution in [3.05, 3.63) is 63.5 Å². The number of nitro groups is 1. The number of anilines is 1. The summed E-state index contributed by atoms with van der Waals surface area (Å²) in [6, 6.07) is 7.40. The number of pyridine rings is 1. The lowest BCUT2D eigenvalue weighted by molar-refractivity contribution is -0.384. The first-order valence-corrected chi connectivity index (χ1v) is 6.15. The third kappa shape index (κ3) is 3.33. The predicted molar refractivity (Wildman–Crippen MR) is 76.4 cm³/mol. The monoisotopic (exact) mass is 287 g/mol. The fourth-order valence-electron chi connectivity index (χ4n) is 1.86. The van der Waals surface area contributed by atoms with Gasteiger partial charge in [-0.05, 0) is 24.6 Å². The molecular formula is C14H13N3O4. The Hall–Kier alpha value is -2.96. The molecule has 1 aromatic heterocycles. The van der Waals surface area contributed by atoms with Crippen LogP contribution in [0, 0.1) is 17.0 Å². The molecule has 0 saturated heterocycles. The number of hydrogen-bond acceptors (Lipinski definition) is 5. The molecule has 1 heterocycles. The fraction of sp³-hybridized carbons (Fsp3) is 0.143. The highest BCUT2D eigenvalue weighted by Gasteiger charge is 2.16. The van der Waals surface area contributed by atoms with E-state index in [-0.39, 0.29) is 11.3 Å². The largest absolute Gasteiger partial charge is 0.478 e. The Morgan fingerprint density at radius 2 is 2.19 bits per heavy atom. The first kappa shape index (κ1) is 14.4. The number of nitrogens with one attached hydrogen (secondary N) is 1. The molecule has 2 aromatic rings. The van der Waals surface area contributed by atoms with Gasteiger partial charge >= 0.3 is 5.97 Å². The van der Waals surface area contributed by atoms with Gasteiger partial charge in [-0.2, -0.15) is 0 Å². The maximum atomic E-state index is 11.2. The summed E-state index contributed by atoms with van der Waals surface area (Å²) < 4.78 is 0. The van der Waals surface area contributed by atoms with Gasteiger partial charge in [0, 0.05) is 24.0 Å². The highest BCUT2D eigenvalue weighted by molar-refractivity contribution is 5.95. The molecule has 2 N–H and O–H groups in total. The molecule has 0 saturated carbocycles. The summed E-state index contributed by atoms with van der Waals surface area (Å²) in [6.07, 6.45) is 1.65. The number of non-ortho nitro benzene ring substituents is 1. The highest BCUT2D eigenvalue weighted by Crippen LogP contribution is 2.23. The summed E-state index contributed by atoms with van der Waals surface area (Å²) in [5.41, 5.74) is 1.68. The fourth-order valence-corrected chi connectivity index (χ4v) is 1.86. The van der Waals surface area contributed by atoms with Crippen LogP contribution in [0.3, 0.4) is 0 Å². The molecule has 0 atom stereocenters. The number of carboxylic acid groups (broad SMARTS) is 1. The van der Waals surface area contributed by atoms with Crippen LogP contribution in [0.1, 0.15) is 21.6 Å². The van der Waals surface area contributed by atoms with Gasteiger partial charge in [0.1, 0.15) is 0 Å². The molecule has 0 bridgehead atoms. The van der Waals surface area contributed by atoms with E-state index in [0.29, 0.717) is 12.2 Å². The number of carbonyl (C=O) groups is 1. The van der Waals surface area contributed by atoms with E-state index in [4.69, 9.17) is 5.11 Å². The van der Waals surface area contributed by atoms with Gasteiger partial charge in [0.2, 0.25) is 0 Å². The molecule has 0 unspecified atom stereocenters. The Kier molecular flexibility index (Phi) is 4.13. The second kappa shape index (κ2) is 6.00. The summed E-state index contributed by atoms with van der Waals surface area (Å²) in [4.78, 5) is 25.5. The average Bonchev–Trinajstić information content (AvgIpc) is 2.46. The van der Waals surface area contributed by atoms with Gasteiger partial charge in [-0.1, -0.05) is 6.07 Å². The second-order valence-corrected chi connectivity index (χ2v) is 4.41. The van der Waals surface area contributed by atoms with E-state index < -0.39 is 10.9 Å². The number of nitro benzene ring substituents is 1. The predicted octanol–water partition coefficient (Wildman–Crippen LogP) is 2.61. The number of benzene rings is 1. The van der Waals surface area contributed by atoms with Crippen LogP contribution in [0.15, 0.2) is 36.5 Å². The van der Waals surface area contributed by atoms with Crippen molar-refractivity contribution in [2.24, 2.45) is 0 Å². The van der Waals surface area contributed by atoms with Crippen molar-refractivity contribution in [3.8, 4) is 0 Å². The molecule has 0 radical (unpaired) electrons. The van der Waals surface area contributed by atoms with Gasteiger partial charge in [-0.15, -0.1) is 0 Å². The van der Waals surface area contributed by atoms with Crippen LogP contribution in [0.2, 0.25) is 0 Å². The van der Waals surface area contributed by atoms with Crippen LogP contribution in [0.5, 0.6) is 0 Å². The number of hydrogen-bond donors (Lipinski definition) is 2. The Morgan fingerprint density at radius 1 is 1.43 bits per heavy atom. The van der Waals surface area contributed by atoms with E-state index in [1.165, 1.54) is 12.1 Å². The maximum Gasteiger partial charge on any atom is 0.338 e. The third-order valence-corrected chi connectivity index (χ3v) is 3.01. The standard InChI is InChI=1S/C14H13N3O4/c1-9-3-2-6-15-13(9)8-16-12-5-4-10(17(20)21)7-11(12)14(18)19/h2-7,16H,8H2,1H3,(H,18,19). The SMILES string of the molecule is Cc1cccnc1CNc1ccc([N+](=O)[O-])cc1C(=O)O. The van der Waals surface area contributed by atoms with Crippen molar-refractivity contribution < 1.29 is 14.8 Å². The Morgan fingerprint density at radius 3 is 2.81 bits per heavy atom. The molecule has 2 rings (SSSR count). The van der Waals surface area contributed by atoms with Crippen LogP contribution in [0.25, 0.3) is 0 Å². The summed E-state index contributed by atoms with van der Waals surface area (Å²) in [7, 11) is 0. The van der Waals surface area contributed by atoms with Gasteiger partial charge < -0.3 is 10.4 Å². The zero-order valence-corrected chi connectivity index (χ0v) is 11.2. The first-order valence-electron chi connectivity index (χ1n) is 6.15. The third-order valence-electron chi connectivity index (χ3n) is 3.01. The van der Waals surface area contributed by atoms with E-state index in [9.17, 15) is 14.9 Å². The zero-order chi connectivity index (χ0) is 15.4. The molecule has 108 valence electrons. The van der Waals surface area contributed by atoms with Gasteiger partial charge in [-0.3, -0.25) is 15.1 Å². The van der Waals surface area contributed by atoms with Crippen molar-refractivity contribution in [2.45, 2.75) is 13.5 Å². The van der Waals surface area contributed by atoms with Gasteiger partial charge in [0.15, 0.2) is 0 Å². The molecule has 0 spiro atoms. The van der Waals surface area contributed by atoms with Gasteiger partial charge in [0.05, 0.1) is 22.7 Å². The van der Waals surface area contributed by atoms with Gasteiger partial charge in [-0.25, -0.2) is 4.79 Å². The molecular weight excluding hydrogens is 274 g/mol. The van der Waals surface area contributed by atoms with Crippen molar-refractivity contribution in [1.29, 1.82) is 0 Å². The number of rotatable bonds is 5. The van der Waals surface area contributed by atoms with Crippen LogP contribution in [0.4, 0.5) is 11.4 Å². The Balaban J connectivity index is 2.26. The molecule has 7 heteroatoms. The lowest BCUT2D eigenvalue weighted by atomic mass is 10.1. The maximum absolute atomic E-state index is 11.2. The first-order chi connectivity index (χ1) is 9.99. The van der Waals surface area contributed by atoms with E-state index in [2.05, 4.69) is 10.3 Å². The minimum absolute atomic E-state index is 0.141.